The minimum absolute atomic E-state index is 0.483. The fraction of sp³-hybridized carbons (Fsp3) is 0.333. The molecule has 0 aliphatic heterocycles. The number of hydrogen-bond acceptors (Lipinski definition) is 9. The molecule has 0 radical (unpaired) electrons. The summed E-state index contributed by atoms with van der Waals surface area (Å²) in [5.41, 5.74) is 0.752. The second-order valence-corrected chi connectivity index (χ2v) is 9.10. The normalized spacial score (nSPS) is 13.5. The number of rotatable bonds is 9. The molecule has 0 unspecified atom stereocenters. The van der Waals surface area contributed by atoms with Crippen LogP contribution in [0, 0.1) is 0 Å². The van der Waals surface area contributed by atoms with E-state index < -0.39 is 0 Å². The maximum absolute atomic E-state index is 5.48. The predicted octanol–water partition coefficient (Wildman–Crippen LogP) is 4.62. The lowest BCUT2D eigenvalue weighted by atomic mass is 10.2. The molecule has 31 heavy (non-hydrogen) atoms. The highest BCUT2D eigenvalue weighted by atomic mass is 32.2. The maximum atomic E-state index is 5.48. The molecule has 1 saturated carbocycles. The summed E-state index contributed by atoms with van der Waals surface area (Å²) in [4.78, 5) is 5.83. The Morgan fingerprint density at radius 1 is 1.19 bits per heavy atom. The highest BCUT2D eigenvalue weighted by Gasteiger charge is 2.30. The highest BCUT2D eigenvalue weighted by molar-refractivity contribution is 7.98. The molecule has 1 fully saturated rings. The first-order valence-electron chi connectivity index (χ1n) is 9.89. The van der Waals surface area contributed by atoms with E-state index in [4.69, 9.17) is 14.0 Å². The van der Waals surface area contributed by atoms with Gasteiger partial charge in [0, 0.05) is 23.4 Å². The summed E-state index contributed by atoms with van der Waals surface area (Å²) < 4.78 is 18.4. The lowest BCUT2D eigenvalue weighted by Crippen LogP contribution is -2.03. The number of aromatic nitrogens is 5. The van der Waals surface area contributed by atoms with Crippen molar-refractivity contribution in [2.75, 3.05) is 14.2 Å². The Balaban J connectivity index is 1.32. The molecule has 0 bridgehead atoms. The van der Waals surface area contributed by atoms with Gasteiger partial charge in [0.15, 0.2) is 5.16 Å². The largest absolute Gasteiger partial charge is 0.497 e. The Morgan fingerprint density at radius 3 is 2.84 bits per heavy atom. The summed E-state index contributed by atoms with van der Waals surface area (Å²) in [6.07, 6.45) is 3.15. The SMILES string of the molecule is COc1ccc(-c2noc(CSc3nnc(Cc4cccs4)n3C3CC3)n2)c(OC)c1. The van der Waals surface area contributed by atoms with Crippen molar-refractivity contribution in [3.63, 3.8) is 0 Å². The average Bonchev–Trinajstić information content (AvgIpc) is 3.19. The van der Waals surface area contributed by atoms with Gasteiger partial charge in [0.2, 0.25) is 11.7 Å². The van der Waals surface area contributed by atoms with Gasteiger partial charge in [0.05, 0.1) is 25.5 Å². The van der Waals surface area contributed by atoms with Crippen LogP contribution >= 0.6 is 23.1 Å². The van der Waals surface area contributed by atoms with Crippen molar-refractivity contribution in [1.82, 2.24) is 24.9 Å². The van der Waals surface area contributed by atoms with Gasteiger partial charge in [-0.05, 0) is 36.4 Å². The van der Waals surface area contributed by atoms with E-state index >= 15 is 0 Å². The monoisotopic (exact) mass is 455 g/mol. The van der Waals surface area contributed by atoms with Gasteiger partial charge >= 0.3 is 0 Å². The minimum Gasteiger partial charge on any atom is -0.497 e. The third-order valence-electron chi connectivity index (χ3n) is 5.00. The molecule has 0 atom stereocenters. The molecule has 8 nitrogen and oxygen atoms in total. The third-order valence-corrected chi connectivity index (χ3v) is 6.81. The number of thiophene rings is 1. The van der Waals surface area contributed by atoms with Crippen LogP contribution in [0.5, 0.6) is 11.5 Å². The summed E-state index contributed by atoms with van der Waals surface area (Å²) in [6, 6.07) is 10.2. The molecular weight excluding hydrogens is 434 g/mol. The number of ether oxygens (including phenoxy) is 2. The Kier molecular flexibility index (Phi) is 5.65. The minimum atomic E-state index is 0.483. The Hall–Kier alpha value is -2.85. The zero-order chi connectivity index (χ0) is 21.2. The van der Waals surface area contributed by atoms with E-state index in [1.54, 1.807) is 43.4 Å². The van der Waals surface area contributed by atoms with Crippen LogP contribution in [0.2, 0.25) is 0 Å². The second-order valence-electron chi connectivity index (χ2n) is 7.12. The van der Waals surface area contributed by atoms with E-state index in [1.807, 2.05) is 12.1 Å². The van der Waals surface area contributed by atoms with Crippen LogP contribution < -0.4 is 9.47 Å². The molecule has 1 aromatic carbocycles. The molecule has 1 aliphatic carbocycles. The summed E-state index contributed by atoms with van der Waals surface area (Å²) in [6.45, 7) is 0. The van der Waals surface area contributed by atoms with Crippen molar-refractivity contribution in [2.45, 2.75) is 36.2 Å². The number of methoxy groups -OCH3 is 2. The van der Waals surface area contributed by atoms with Gasteiger partial charge in [0.1, 0.15) is 17.3 Å². The fourth-order valence-corrected chi connectivity index (χ4v) is 4.89. The molecule has 0 spiro atoms. The molecule has 1 aliphatic rings. The summed E-state index contributed by atoms with van der Waals surface area (Å²) in [5.74, 6) is 3.89. The van der Waals surface area contributed by atoms with Gasteiger partial charge in [-0.15, -0.1) is 21.5 Å². The molecule has 160 valence electrons. The quantitative estimate of drug-likeness (QED) is 0.338. The second kappa shape index (κ2) is 8.72. The van der Waals surface area contributed by atoms with Gasteiger partial charge < -0.3 is 18.6 Å². The zero-order valence-electron chi connectivity index (χ0n) is 17.1. The van der Waals surface area contributed by atoms with E-state index in [2.05, 4.69) is 42.4 Å². The van der Waals surface area contributed by atoms with Crippen LogP contribution in [-0.2, 0) is 12.2 Å². The average molecular weight is 456 g/mol. The van der Waals surface area contributed by atoms with E-state index in [-0.39, 0.29) is 0 Å². The smallest absolute Gasteiger partial charge is 0.237 e. The van der Waals surface area contributed by atoms with Crippen molar-refractivity contribution in [1.29, 1.82) is 0 Å². The number of thioether (sulfide) groups is 1. The first kappa shape index (κ1) is 20.1. The van der Waals surface area contributed by atoms with Crippen molar-refractivity contribution >= 4 is 23.1 Å². The molecule has 3 aromatic heterocycles. The molecule has 0 saturated heterocycles. The van der Waals surface area contributed by atoms with Gasteiger partial charge in [-0.1, -0.05) is 23.0 Å². The van der Waals surface area contributed by atoms with Crippen molar-refractivity contribution in [3.8, 4) is 22.9 Å². The zero-order valence-corrected chi connectivity index (χ0v) is 18.8. The van der Waals surface area contributed by atoms with Crippen LogP contribution in [0.1, 0.15) is 35.5 Å². The van der Waals surface area contributed by atoms with Crippen LogP contribution in [0.15, 0.2) is 45.4 Å². The van der Waals surface area contributed by atoms with Gasteiger partial charge in [-0.25, -0.2) is 0 Å². The van der Waals surface area contributed by atoms with Crippen molar-refractivity contribution < 1.29 is 14.0 Å². The number of hydrogen-bond donors (Lipinski definition) is 0. The highest BCUT2D eigenvalue weighted by Crippen LogP contribution is 2.40. The number of nitrogens with zero attached hydrogens (tertiary/aromatic N) is 5. The van der Waals surface area contributed by atoms with Gasteiger partial charge in [-0.3, -0.25) is 0 Å². The number of benzene rings is 1. The Bertz CT molecular complexity index is 1170. The summed E-state index contributed by atoms with van der Waals surface area (Å²) in [7, 11) is 3.22. The Morgan fingerprint density at radius 2 is 2.10 bits per heavy atom. The molecule has 10 heteroatoms. The summed E-state index contributed by atoms with van der Waals surface area (Å²) in [5, 5.41) is 16.0. The maximum Gasteiger partial charge on any atom is 0.237 e. The third kappa shape index (κ3) is 4.31. The molecule has 0 N–H and O–H groups in total. The first-order chi connectivity index (χ1) is 15.2. The topological polar surface area (TPSA) is 88.1 Å². The van der Waals surface area contributed by atoms with E-state index in [9.17, 15) is 0 Å². The van der Waals surface area contributed by atoms with Gasteiger partial charge in [0.25, 0.3) is 0 Å². The van der Waals surface area contributed by atoms with Crippen molar-refractivity contribution in [3.05, 3.63) is 52.3 Å². The molecule has 5 rings (SSSR count). The molecule has 3 heterocycles. The molecule has 4 aromatic rings. The summed E-state index contributed by atoms with van der Waals surface area (Å²) >= 11 is 3.32. The molecule has 0 amide bonds. The lowest BCUT2D eigenvalue weighted by Gasteiger charge is -2.07. The van der Waals surface area contributed by atoms with E-state index in [0.717, 1.165) is 23.0 Å². The van der Waals surface area contributed by atoms with Crippen molar-refractivity contribution in [2.24, 2.45) is 0 Å². The van der Waals surface area contributed by atoms with E-state index in [0.29, 0.717) is 35.0 Å². The van der Waals surface area contributed by atoms with Crippen LogP contribution in [0.25, 0.3) is 11.4 Å². The lowest BCUT2D eigenvalue weighted by molar-refractivity contribution is 0.388. The van der Waals surface area contributed by atoms with Gasteiger partial charge in [-0.2, -0.15) is 4.98 Å². The Labute approximate surface area is 187 Å². The fourth-order valence-electron chi connectivity index (χ4n) is 3.33. The standard InChI is InChI=1S/C21H21N5O3S2/c1-27-14-7-8-16(17(10-14)28-2)20-22-19(29-25-20)12-31-21-24-23-18(26(21)13-5-6-13)11-15-4-3-9-30-15/h3-4,7-10,13H,5-6,11-12H2,1-2H3. The first-order valence-corrected chi connectivity index (χ1v) is 11.8. The predicted molar refractivity (Wildman–Crippen MR) is 118 cm³/mol. The molecular formula is C21H21N5O3S2. The van der Waals surface area contributed by atoms with E-state index in [1.165, 1.54) is 17.7 Å². The van der Waals surface area contributed by atoms with Crippen LogP contribution in [-0.4, -0.2) is 39.1 Å². The van der Waals surface area contributed by atoms with Crippen LogP contribution in [0.4, 0.5) is 0 Å². The van der Waals surface area contributed by atoms with Crippen LogP contribution in [0.3, 0.4) is 0 Å².